The molecule has 0 unspecified atom stereocenters. The van der Waals surface area contributed by atoms with Crippen molar-refractivity contribution in [2.24, 2.45) is 7.05 Å². The van der Waals surface area contributed by atoms with Gasteiger partial charge in [0.1, 0.15) is 18.7 Å². The summed E-state index contributed by atoms with van der Waals surface area (Å²) in [6, 6.07) is 7.33. The lowest BCUT2D eigenvalue weighted by atomic mass is 10.2. The highest BCUT2D eigenvalue weighted by Gasteiger charge is 2.01. The maximum Gasteiger partial charge on any atom is 0.164 e. The van der Waals surface area contributed by atoms with Crippen LogP contribution in [-0.4, -0.2) is 19.9 Å². The Kier molecular flexibility index (Phi) is 3.16. The van der Waals surface area contributed by atoms with Crippen LogP contribution in [0, 0.1) is 0 Å². The summed E-state index contributed by atoms with van der Waals surface area (Å²) < 4.78 is 7.20. The van der Waals surface area contributed by atoms with E-state index in [1.807, 2.05) is 25.2 Å². The van der Waals surface area contributed by atoms with Gasteiger partial charge in [0.2, 0.25) is 0 Å². The van der Waals surface area contributed by atoms with Gasteiger partial charge in [-0.15, -0.1) is 0 Å². The number of ether oxygens (including phenoxy) is 1. The van der Waals surface area contributed by atoms with Crippen LogP contribution in [0.5, 0.6) is 5.75 Å². The van der Waals surface area contributed by atoms with Crippen LogP contribution in [0.4, 0.5) is 0 Å². The first-order valence-corrected chi connectivity index (χ1v) is 4.95. The molecule has 0 saturated heterocycles. The molecule has 0 spiro atoms. The molecule has 0 atom stereocenters. The molecule has 0 fully saturated rings. The Morgan fingerprint density at radius 2 is 2.31 bits per heavy atom. The van der Waals surface area contributed by atoms with E-state index < -0.39 is 0 Å². The zero-order valence-electron chi connectivity index (χ0n) is 9.00. The first-order valence-electron chi connectivity index (χ1n) is 4.95. The molecular formula is C11H13N3O2. The summed E-state index contributed by atoms with van der Waals surface area (Å²) in [5.74, 6) is 1.48. The molecule has 0 bridgehead atoms. The second-order valence-corrected chi connectivity index (χ2v) is 3.39. The Morgan fingerprint density at radius 3 is 3.00 bits per heavy atom. The van der Waals surface area contributed by atoms with E-state index in [1.54, 1.807) is 10.7 Å². The number of benzene rings is 1. The molecule has 5 heteroatoms. The van der Waals surface area contributed by atoms with Gasteiger partial charge in [0, 0.05) is 7.05 Å². The minimum atomic E-state index is 0.0150. The van der Waals surface area contributed by atoms with E-state index in [-0.39, 0.29) is 6.61 Å². The average Bonchev–Trinajstić information content (AvgIpc) is 2.72. The first-order chi connectivity index (χ1) is 7.79. The molecule has 5 nitrogen and oxygen atoms in total. The van der Waals surface area contributed by atoms with Crippen molar-refractivity contribution in [3.63, 3.8) is 0 Å². The quantitative estimate of drug-likeness (QED) is 0.829. The lowest BCUT2D eigenvalue weighted by Gasteiger charge is -2.06. The molecule has 2 rings (SSSR count). The number of hydrogen-bond acceptors (Lipinski definition) is 4. The molecular weight excluding hydrogens is 206 g/mol. The highest BCUT2D eigenvalue weighted by Crippen LogP contribution is 2.14. The van der Waals surface area contributed by atoms with E-state index in [1.165, 1.54) is 6.33 Å². The SMILES string of the molecule is Cn1ncnc1COc1cccc(CO)c1. The fourth-order valence-corrected chi connectivity index (χ4v) is 1.33. The number of aromatic nitrogens is 3. The fraction of sp³-hybridized carbons (Fsp3) is 0.273. The predicted molar refractivity (Wildman–Crippen MR) is 57.7 cm³/mol. The van der Waals surface area contributed by atoms with Gasteiger partial charge in [-0.25, -0.2) is 4.98 Å². The molecule has 1 aromatic carbocycles. The van der Waals surface area contributed by atoms with Crippen molar-refractivity contribution in [3.8, 4) is 5.75 Å². The monoisotopic (exact) mass is 219 g/mol. The smallest absolute Gasteiger partial charge is 0.164 e. The molecule has 16 heavy (non-hydrogen) atoms. The Morgan fingerprint density at radius 1 is 1.44 bits per heavy atom. The summed E-state index contributed by atoms with van der Waals surface area (Å²) in [6.07, 6.45) is 1.49. The van der Waals surface area contributed by atoms with E-state index in [4.69, 9.17) is 9.84 Å². The normalized spacial score (nSPS) is 10.4. The number of aliphatic hydroxyl groups is 1. The molecule has 0 amide bonds. The largest absolute Gasteiger partial charge is 0.486 e. The van der Waals surface area contributed by atoms with Crippen molar-refractivity contribution < 1.29 is 9.84 Å². The van der Waals surface area contributed by atoms with Crippen LogP contribution in [0.3, 0.4) is 0 Å². The van der Waals surface area contributed by atoms with Gasteiger partial charge in [-0.2, -0.15) is 5.10 Å². The van der Waals surface area contributed by atoms with Gasteiger partial charge in [-0.05, 0) is 17.7 Å². The zero-order valence-corrected chi connectivity index (χ0v) is 9.00. The minimum absolute atomic E-state index is 0.0150. The number of rotatable bonds is 4. The molecule has 0 aliphatic rings. The molecule has 0 saturated carbocycles. The number of nitrogens with zero attached hydrogens (tertiary/aromatic N) is 3. The summed E-state index contributed by atoms with van der Waals surface area (Å²) in [5, 5.41) is 12.9. The second-order valence-electron chi connectivity index (χ2n) is 3.39. The Labute approximate surface area is 93.3 Å². The third-order valence-corrected chi connectivity index (χ3v) is 2.25. The third kappa shape index (κ3) is 2.38. The molecule has 0 radical (unpaired) electrons. The molecule has 1 N–H and O–H groups in total. The van der Waals surface area contributed by atoms with Gasteiger partial charge in [0.25, 0.3) is 0 Å². The summed E-state index contributed by atoms with van der Waals surface area (Å²) in [5.41, 5.74) is 0.829. The summed E-state index contributed by atoms with van der Waals surface area (Å²) in [6.45, 7) is 0.381. The van der Waals surface area contributed by atoms with Crippen LogP contribution in [0.15, 0.2) is 30.6 Å². The van der Waals surface area contributed by atoms with Gasteiger partial charge >= 0.3 is 0 Å². The van der Waals surface area contributed by atoms with E-state index in [2.05, 4.69) is 10.1 Å². The highest BCUT2D eigenvalue weighted by atomic mass is 16.5. The van der Waals surface area contributed by atoms with Crippen LogP contribution in [0.25, 0.3) is 0 Å². The van der Waals surface area contributed by atoms with Crippen molar-refractivity contribution in [1.29, 1.82) is 0 Å². The van der Waals surface area contributed by atoms with E-state index in [0.29, 0.717) is 6.61 Å². The molecule has 1 aromatic heterocycles. The second kappa shape index (κ2) is 4.76. The number of aryl methyl sites for hydroxylation is 1. The van der Waals surface area contributed by atoms with Gasteiger partial charge in [0.05, 0.1) is 6.61 Å². The predicted octanol–water partition coefficient (Wildman–Crippen LogP) is 0.886. The molecule has 0 aliphatic heterocycles. The molecule has 0 aliphatic carbocycles. The first kappa shape index (κ1) is 10.6. The van der Waals surface area contributed by atoms with Crippen molar-refractivity contribution in [2.45, 2.75) is 13.2 Å². The standard InChI is InChI=1S/C11H13N3O2/c1-14-11(12-8-13-14)7-16-10-4-2-3-9(5-10)6-15/h2-5,8,15H,6-7H2,1H3. The highest BCUT2D eigenvalue weighted by molar-refractivity contribution is 5.27. The molecule has 1 heterocycles. The van der Waals surface area contributed by atoms with Crippen molar-refractivity contribution in [3.05, 3.63) is 42.0 Å². The van der Waals surface area contributed by atoms with Crippen molar-refractivity contribution >= 4 is 0 Å². The number of hydrogen-bond donors (Lipinski definition) is 1. The van der Waals surface area contributed by atoms with Crippen LogP contribution in [-0.2, 0) is 20.3 Å². The summed E-state index contributed by atoms with van der Waals surface area (Å²) >= 11 is 0. The van der Waals surface area contributed by atoms with Crippen LogP contribution >= 0.6 is 0 Å². The molecule has 2 aromatic rings. The Balaban J connectivity index is 2.02. The van der Waals surface area contributed by atoms with E-state index >= 15 is 0 Å². The van der Waals surface area contributed by atoms with Gasteiger partial charge < -0.3 is 9.84 Å². The maximum absolute atomic E-state index is 8.98. The maximum atomic E-state index is 8.98. The Bertz CT molecular complexity index is 468. The van der Waals surface area contributed by atoms with Crippen molar-refractivity contribution in [2.75, 3.05) is 0 Å². The third-order valence-electron chi connectivity index (χ3n) is 2.25. The lowest BCUT2D eigenvalue weighted by Crippen LogP contribution is -2.04. The van der Waals surface area contributed by atoms with Crippen LogP contribution in [0.1, 0.15) is 11.4 Å². The Hall–Kier alpha value is -1.88. The number of aliphatic hydroxyl groups excluding tert-OH is 1. The minimum Gasteiger partial charge on any atom is -0.486 e. The van der Waals surface area contributed by atoms with Gasteiger partial charge in [-0.3, -0.25) is 4.68 Å². The lowest BCUT2D eigenvalue weighted by molar-refractivity contribution is 0.275. The van der Waals surface area contributed by atoms with E-state index in [9.17, 15) is 0 Å². The van der Waals surface area contributed by atoms with Crippen LogP contribution in [0.2, 0.25) is 0 Å². The molecule has 84 valence electrons. The average molecular weight is 219 g/mol. The van der Waals surface area contributed by atoms with Crippen LogP contribution < -0.4 is 4.74 Å². The van der Waals surface area contributed by atoms with Crippen molar-refractivity contribution in [1.82, 2.24) is 14.8 Å². The summed E-state index contributed by atoms with van der Waals surface area (Å²) in [7, 11) is 1.82. The topological polar surface area (TPSA) is 60.2 Å². The zero-order chi connectivity index (χ0) is 11.4. The van der Waals surface area contributed by atoms with Gasteiger partial charge in [-0.1, -0.05) is 12.1 Å². The fourth-order valence-electron chi connectivity index (χ4n) is 1.33. The summed E-state index contributed by atoms with van der Waals surface area (Å²) in [4.78, 5) is 4.05. The van der Waals surface area contributed by atoms with E-state index in [0.717, 1.165) is 17.1 Å². The van der Waals surface area contributed by atoms with Gasteiger partial charge in [0.15, 0.2) is 5.82 Å².